The lowest BCUT2D eigenvalue weighted by Crippen LogP contribution is -2.34. The molecule has 0 unspecified atom stereocenters. The van der Waals surface area contributed by atoms with Gasteiger partial charge in [-0.05, 0) is 108 Å². The highest BCUT2D eigenvalue weighted by atomic mass is 19.4. The third kappa shape index (κ3) is 12.2. The third-order valence-electron chi connectivity index (χ3n) is 8.57. The van der Waals surface area contributed by atoms with Gasteiger partial charge in [-0.2, -0.15) is 13.2 Å². The summed E-state index contributed by atoms with van der Waals surface area (Å²) in [5.41, 5.74) is 4.87. The summed E-state index contributed by atoms with van der Waals surface area (Å²) in [5.74, 6) is 6.46. The molecule has 0 spiro atoms. The first-order chi connectivity index (χ1) is 25.1. The number of ketones is 1. The Bertz CT molecular complexity index is 1820. The summed E-state index contributed by atoms with van der Waals surface area (Å²) in [5, 5.41) is 7.55. The number of unbranched alkanes of at least 4 members (excludes halogenated alkanes) is 1. The predicted octanol–water partition coefficient (Wildman–Crippen LogP) is 6.27. The summed E-state index contributed by atoms with van der Waals surface area (Å²) in [6.07, 6.45) is 4.35. The minimum absolute atomic E-state index is 0. The van der Waals surface area contributed by atoms with E-state index >= 15 is 0 Å². The van der Waals surface area contributed by atoms with Gasteiger partial charge in [-0.3, -0.25) is 9.59 Å². The van der Waals surface area contributed by atoms with Gasteiger partial charge < -0.3 is 25.1 Å². The summed E-state index contributed by atoms with van der Waals surface area (Å²) in [4.78, 5) is 40.5. The number of imidazole rings is 1. The van der Waals surface area contributed by atoms with Crippen LogP contribution in [0.15, 0.2) is 89.7 Å². The predicted molar refractivity (Wildman–Crippen MR) is 206 cm³/mol. The number of anilines is 1. The molecule has 2 aliphatic rings. The number of allylic oxidation sites excluding steroid dienone is 1. The molecule has 2 aliphatic heterocycles. The van der Waals surface area contributed by atoms with Crippen molar-refractivity contribution >= 4 is 28.9 Å². The monoisotopic (exact) mass is 754 g/mol. The molecule has 1 aromatic heterocycles. The highest BCUT2D eigenvalue weighted by Gasteiger charge is 2.33. The minimum atomic E-state index is -4.30. The fourth-order valence-corrected chi connectivity index (χ4v) is 5.71. The number of ether oxygens (including phenoxy) is 1. The van der Waals surface area contributed by atoms with Gasteiger partial charge in [-0.25, -0.2) is 20.4 Å². The second-order valence-electron chi connectivity index (χ2n) is 12.6. The van der Waals surface area contributed by atoms with Crippen LogP contribution < -0.4 is 30.8 Å². The summed E-state index contributed by atoms with van der Waals surface area (Å²) in [6.45, 7) is 15.6. The lowest BCUT2D eigenvalue weighted by Gasteiger charge is -2.23. The maximum absolute atomic E-state index is 13.0. The van der Waals surface area contributed by atoms with Crippen LogP contribution >= 0.6 is 0 Å². The van der Waals surface area contributed by atoms with Crippen LogP contribution in [0, 0.1) is 0 Å². The summed E-state index contributed by atoms with van der Waals surface area (Å²) >= 11 is 0. The zero-order chi connectivity index (χ0) is 39.3. The van der Waals surface area contributed by atoms with Crippen molar-refractivity contribution in [3.63, 3.8) is 0 Å². The van der Waals surface area contributed by atoms with E-state index in [2.05, 4.69) is 34.4 Å². The Kier molecular flexibility index (Phi) is 17.4. The first kappa shape index (κ1) is 44.9. The van der Waals surface area contributed by atoms with Crippen molar-refractivity contribution < 1.29 is 36.9 Å². The second-order valence-corrected chi connectivity index (χ2v) is 12.6. The van der Waals surface area contributed by atoms with E-state index in [1.165, 1.54) is 19.9 Å². The summed E-state index contributed by atoms with van der Waals surface area (Å²) in [6, 6.07) is 10.5. The van der Waals surface area contributed by atoms with Gasteiger partial charge in [-0.15, -0.1) is 0 Å². The van der Waals surface area contributed by atoms with Gasteiger partial charge in [-0.1, -0.05) is 27.3 Å². The zero-order valence-electron chi connectivity index (χ0n) is 31.5. The lowest BCUT2D eigenvalue weighted by atomic mass is 9.94. The number of nitrogens with two attached hydrogens (primary N) is 1. The Morgan fingerprint density at radius 1 is 1.09 bits per heavy atom. The van der Waals surface area contributed by atoms with Crippen LogP contribution in [0.4, 0.5) is 18.9 Å². The number of fused-ring (bicyclic) bond motifs is 1. The Balaban J connectivity index is 0.000000416. The molecule has 54 heavy (non-hydrogen) atoms. The Hall–Kier alpha value is -5.21. The standard InChI is InChI=1S/C26H37N5O3.C10H7F3N2.C3H6O.CH4/c1-6-30(7-2)13-9-8-12-28-25(32)24-17(3)16-29-22(18(24)4)15-21-20-11-10-19(34-5)14-23(20)31(27)26(21)33;11-10(12,13)8-2-1-3-9(6-8)15-5-4-14-7-15;1-3(2)4;/h10-11,14-15,29H,6-9,12-13,16,27H2,1-5H3,(H,28,32);1-7H;1-2H3;1H4/p+1/b21-15-;;;. The second kappa shape index (κ2) is 20.9. The molecule has 0 aliphatic carbocycles. The number of rotatable bonds is 11. The van der Waals surface area contributed by atoms with E-state index < -0.39 is 11.7 Å². The van der Waals surface area contributed by atoms with E-state index in [1.807, 2.05) is 19.9 Å². The first-order valence-corrected chi connectivity index (χ1v) is 17.5. The van der Waals surface area contributed by atoms with Crippen molar-refractivity contribution in [1.29, 1.82) is 0 Å². The molecule has 3 aromatic rings. The van der Waals surface area contributed by atoms with Gasteiger partial charge in [0, 0.05) is 36.0 Å². The molecule has 0 saturated carbocycles. The largest absolute Gasteiger partial charge is 0.497 e. The van der Waals surface area contributed by atoms with Gasteiger partial charge in [0.1, 0.15) is 29.6 Å². The summed E-state index contributed by atoms with van der Waals surface area (Å²) in [7, 11) is 1.57. The van der Waals surface area contributed by atoms with Gasteiger partial charge in [0.25, 0.3) is 11.8 Å². The van der Waals surface area contributed by atoms with Crippen LogP contribution in [-0.4, -0.2) is 67.3 Å². The van der Waals surface area contributed by atoms with E-state index in [-0.39, 0.29) is 25.0 Å². The molecule has 0 atom stereocenters. The highest BCUT2D eigenvalue weighted by molar-refractivity contribution is 6.32. The molecule has 0 bridgehead atoms. The fourth-order valence-electron chi connectivity index (χ4n) is 5.71. The maximum atomic E-state index is 13.0. The lowest BCUT2D eigenvalue weighted by molar-refractivity contribution is -0.594. The number of H-pyrrole nitrogens is 1. The quantitative estimate of drug-likeness (QED) is 0.0596. The normalized spacial score (nSPS) is 14.4. The van der Waals surface area contributed by atoms with Crippen LogP contribution in [0.3, 0.4) is 0 Å². The number of amides is 2. The van der Waals surface area contributed by atoms with E-state index in [9.17, 15) is 27.6 Å². The average Bonchev–Trinajstić information content (AvgIpc) is 3.74. The Labute approximate surface area is 316 Å². The molecule has 5 rings (SSSR count). The number of hydrogen-bond donors (Lipinski definition) is 4. The number of methoxy groups -OCH3 is 1. The number of hydrazine groups is 1. The smallest absolute Gasteiger partial charge is 0.416 e. The van der Waals surface area contributed by atoms with E-state index in [0.717, 1.165) is 72.0 Å². The molecule has 0 fully saturated rings. The van der Waals surface area contributed by atoms with Gasteiger partial charge in [0.2, 0.25) is 6.33 Å². The van der Waals surface area contributed by atoms with Crippen molar-refractivity contribution in [3.8, 4) is 11.4 Å². The van der Waals surface area contributed by atoms with Crippen LogP contribution in [0.1, 0.15) is 72.9 Å². The van der Waals surface area contributed by atoms with Gasteiger partial charge >= 0.3 is 6.18 Å². The number of carbonyl (C=O) groups is 3. The number of benzene rings is 2. The zero-order valence-corrected chi connectivity index (χ0v) is 31.5. The third-order valence-corrected chi connectivity index (χ3v) is 8.57. The molecule has 14 heteroatoms. The molecule has 294 valence electrons. The average molecular weight is 755 g/mol. The molecule has 3 heterocycles. The Morgan fingerprint density at radius 2 is 1.78 bits per heavy atom. The Morgan fingerprint density at radius 3 is 2.37 bits per heavy atom. The van der Waals surface area contributed by atoms with Crippen LogP contribution in [-0.2, 0) is 20.6 Å². The number of Topliss-reactive ketones (excluding diaryl/α,β-unsaturated/α-hetero) is 1. The van der Waals surface area contributed by atoms with Gasteiger partial charge in [0.05, 0.1) is 23.9 Å². The number of carbonyl (C=O) groups excluding carboxylic acids is 3. The number of aromatic amines is 1. The molecule has 2 amide bonds. The number of aromatic nitrogens is 2. The van der Waals surface area contributed by atoms with Crippen molar-refractivity contribution in [2.45, 2.75) is 68.0 Å². The number of nitrogens with one attached hydrogen (secondary N) is 3. The van der Waals surface area contributed by atoms with Crippen molar-refractivity contribution in [2.24, 2.45) is 5.84 Å². The molecule has 0 radical (unpaired) electrons. The van der Waals surface area contributed by atoms with Crippen molar-refractivity contribution in [3.05, 3.63) is 101 Å². The first-order valence-electron chi connectivity index (χ1n) is 17.5. The maximum Gasteiger partial charge on any atom is 0.416 e. The number of halogens is 3. The fraction of sp³-hybridized carbons (Fsp3) is 0.400. The number of hydrogen-bond acceptors (Lipinski definition) is 7. The number of nitrogens with zero attached hydrogens (tertiary/aromatic N) is 3. The van der Waals surface area contributed by atoms with Crippen LogP contribution in [0.5, 0.6) is 5.75 Å². The number of dihydropyridines is 1. The van der Waals surface area contributed by atoms with Crippen molar-refractivity contribution in [2.75, 3.05) is 44.8 Å². The van der Waals surface area contributed by atoms with Crippen LogP contribution in [0.25, 0.3) is 11.3 Å². The molecular weight excluding hydrogens is 699 g/mol. The van der Waals surface area contributed by atoms with E-state index in [1.54, 1.807) is 54.7 Å². The van der Waals surface area contributed by atoms with E-state index in [0.29, 0.717) is 41.4 Å². The molecular formula is C40H55F3N7O4+. The summed E-state index contributed by atoms with van der Waals surface area (Å²) < 4.78 is 44.0. The number of alkyl halides is 3. The van der Waals surface area contributed by atoms with Gasteiger partial charge in [0.15, 0.2) is 0 Å². The van der Waals surface area contributed by atoms with Crippen LogP contribution in [0.2, 0.25) is 0 Å². The minimum Gasteiger partial charge on any atom is -0.497 e. The topological polar surface area (TPSA) is 137 Å². The van der Waals surface area contributed by atoms with Crippen molar-refractivity contribution in [1.82, 2.24) is 20.5 Å². The molecule has 5 N–H and O–H groups in total. The molecule has 2 aromatic carbocycles. The highest BCUT2D eigenvalue weighted by Crippen LogP contribution is 2.38. The molecule has 0 saturated heterocycles. The SMILES string of the molecule is C.CC(C)=O.CCN(CC)CCCCNC(=O)C1=C(C)CNC(/C=C2\C(=O)N(N)c3cc(OC)ccc32)=C1C.FC(F)(F)c1cccc(-[n+]2cc[nH]c2)c1. The molecule has 11 nitrogen and oxygen atoms in total. The van der Waals surface area contributed by atoms with E-state index in [4.69, 9.17) is 10.6 Å².